The van der Waals surface area contributed by atoms with Crippen LogP contribution in [0.5, 0.6) is 11.5 Å². The topological polar surface area (TPSA) is 111 Å². The maximum atomic E-state index is 11.9. The molecular weight excluding hydrogens is 308 g/mol. The molecule has 0 amide bonds. The van der Waals surface area contributed by atoms with Crippen LogP contribution in [0.15, 0.2) is 21.9 Å². The largest absolute Gasteiger partial charge is 0.495 e. The standard InChI is InChI=1S/C10H16N2O6S2/c1-11-19(13,14)9-6-10(20(15,16)12-2)8(18-4)5-7(9)17-3/h5-6,11-12H,1-4H3. The quantitative estimate of drug-likeness (QED) is 0.731. The molecule has 20 heavy (non-hydrogen) atoms. The van der Waals surface area contributed by atoms with E-state index < -0.39 is 20.0 Å². The van der Waals surface area contributed by atoms with Crippen molar-refractivity contribution in [3.8, 4) is 11.5 Å². The molecule has 0 saturated heterocycles. The average Bonchev–Trinajstić information content (AvgIpc) is 2.45. The van der Waals surface area contributed by atoms with Crippen molar-refractivity contribution in [2.24, 2.45) is 0 Å². The van der Waals surface area contributed by atoms with E-state index in [9.17, 15) is 16.8 Å². The summed E-state index contributed by atoms with van der Waals surface area (Å²) in [5.74, 6) is -0.0440. The van der Waals surface area contributed by atoms with Crippen LogP contribution >= 0.6 is 0 Å². The molecule has 1 aromatic rings. The number of ether oxygens (including phenoxy) is 2. The second kappa shape index (κ2) is 5.95. The maximum absolute atomic E-state index is 11.9. The van der Waals surface area contributed by atoms with E-state index in [1.807, 2.05) is 0 Å². The molecule has 0 bridgehead atoms. The number of hydrogen-bond donors (Lipinski definition) is 2. The SMILES string of the molecule is CNS(=O)(=O)c1cc(S(=O)(=O)NC)c(OC)cc1OC. The molecule has 0 unspecified atom stereocenters. The zero-order valence-electron chi connectivity index (χ0n) is 11.4. The first-order valence-corrected chi connectivity index (χ1v) is 8.33. The summed E-state index contributed by atoms with van der Waals surface area (Å²) in [7, 11) is -2.79. The van der Waals surface area contributed by atoms with Crippen molar-refractivity contribution < 1.29 is 26.3 Å². The van der Waals surface area contributed by atoms with Crippen LogP contribution < -0.4 is 18.9 Å². The Morgan fingerprint density at radius 3 is 1.40 bits per heavy atom. The summed E-state index contributed by atoms with van der Waals surface area (Å²) in [5.41, 5.74) is 0. The number of methoxy groups -OCH3 is 2. The van der Waals surface area contributed by atoms with Gasteiger partial charge in [0.2, 0.25) is 20.0 Å². The smallest absolute Gasteiger partial charge is 0.244 e. The number of benzene rings is 1. The Kier molecular flexibility index (Phi) is 4.97. The molecule has 0 aliphatic rings. The van der Waals surface area contributed by atoms with Crippen LogP contribution in [0.3, 0.4) is 0 Å². The van der Waals surface area contributed by atoms with Crippen molar-refractivity contribution >= 4 is 20.0 Å². The van der Waals surface area contributed by atoms with Gasteiger partial charge in [0.15, 0.2) is 0 Å². The Hall–Kier alpha value is -1.36. The van der Waals surface area contributed by atoms with E-state index in [1.165, 1.54) is 34.4 Å². The highest BCUT2D eigenvalue weighted by molar-refractivity contribution is 7.90. The summed E-state index contributed by atoms with van der Waals surface area (Å²) in [5, 5.41) is 0. The zero-order chi connectivity index (χ0) is 15.6. The predicted octanol–water partition coefficient (Wildman–Crippen LogP) is -0.480. The minimum Gasteiger partial charge on any atom is -0.495 e. The Morgan fingerprint density at radius 2 is 1.15 bits per heavy atom. The zero-order valence-corrected chi connectivity index (χ0v) is 13.1. The van der Waals surface area contributed by atoms with Crippen molar-refractivity contribution in [3.63, 3.8) is 0 Å². The normalized spacial score (nSPS) is 12.2. The Morgan fingerprint density at radius 1 is 0.800 bits per heavy atom. The lowest BCUT2D eigenvalue weighted by atomic mass is 10.3. The summed E-state index contributed by atoms with van der Waals surface area (Å²) in [6, 6.07) is 2.18. The summed E-state index contributed by atoms with van der Waals surface area (Å²) in [6.45, 7) is 0. The van der Waals surface area contributed by atoms with Crippen LogP contribution in [0, 0.1) is 0 Å². The maximum Gasteiger partial charge on any atom is 0.244 e. The van der Waals surface area contributed by atoms with Crippen LogP contribution in [-0.4, -0.2) is 45.2 Å². The summed E-state index contributed by atoms with van der Waals surface area (Å²) >= 11 is 0. The third-order valence-corrected chi connectivity index (χ3v) is 5.44. The molecule has 8 nitrogen and oxygen atoms in total. The van der Waals surface area contributed by atoms with Gasteiger partial charge in [-0.1, -0.05) is 0 Å². The number of nitrogens with one attached hydrogen (secondary N) is 2. The molecule has 0 saturated carbocycles. The molecule has 0 heterocycles. The van der Waals surface area contributed by atoms with Crippen molar-refractivity contribution in [1.29, 1.82) is 0 Å². The molecule has 0 aliphatic heterocycles. The first-order valence-electron chi connectivity index (χ1n) is 5.36. The summed E-state index contributed by atoms with van der Waals surface area (Å²) in [6.07, 6.45) is 0. The second-order valence-electron chi connectivity index (χ2n) is 3.57. The van der Waals surface area contributed by atoms with Gasteiger partial charge in [-0.15, -0.1) is 0 Å². The molecule has 0 spiro atoms. The van der Waals surface area contributed by atoms with Crippen LogP contribution in [0.25, 0.3) is 0 Å². The average molecular weight is 324 g/mol. The molecule has 0 aromatic heterocycles. The number of rotatable bonds is 6. The van der Waals surface area contributed by atoms with Crippen molar-refractivity contribution in [2.75, 3.05) is 28.3 Å². The van der Waals surface area contributed by atoms with Crippen molar-refractivity contribution in [1.82, 2.24) is 9.44 Å². The highest BCUT2D eigenvalue weighted by atomic mass is 32.2. The van der Waals surface area contributed by atoms with Crippen LogP contribution in [0.1, 0.15) is 0 Å². The van der Waals surface area contributed by atoms with Crippen LogP contribution in [0.2, 0.25) is 0 Å². The van der Waals surface area contributed by atoms with Gasteiger partial charge in [-0.2, -0.15) is 0 Å². The van der Waals surface area contributed by atoms with E-state index in [0.29, 0.717) is 0 Å². The van der Waals surface area contributed by atoms with E-state index in [-0.39, 0.29) is 21.3 Å². The van der Waals surface area contributed by atoms with Crippen LogP contribution in [0.4, 0.5) is 0 Å². The molecule has 0 aliphatic carbocycles. The van der Waals surface area contributed by atoms with E-state index in [0.717, 1.165) is 6.07 Å². The fourth-order valence-corrected chi connectivity index (χ4v) is 3.36. The number of hydrogen-bond acceptors (Lipinski definition) is 6. The van der Waals surface area contributed by atoms with Gasteiger partial charge in [0.05, 0.1) is 14.2 Å². The molecule has 0 atom stereocenters. The predicted molar refractivity (Wildman–Crippen MR) is 72.0 cm³/mol. The van der Waals surface area contributed by atoms with Crippen molar-refractivity contribution in [2.45, 2.75) is 9.79 Å². The Labute approximate surface area is 118 Å². The second-order valence-corrected chi connectivity index (χ2v) is 7.28. The lowest BCUT2D eigenvalue weighted by Crippen LogP contribution is -2.22. The minimum atomic E-state index is -3.88. The van der Waals surface area contributed by atoms with Gasteiger partial charge >= 0.3 is 0 Å². The lowest BCUT2D eigenvalue weighted by molar-refractivity contribution is 0.378. The minimum absolute atomic E-state index is 0.0220. The first kappa shape index (κ1) is 16.7. The third kappa shape index (κ3) is 3.03. The van der Waals surface area contributed by atoms with Gasteiger partial charge in [-0.25, -0.2) is 26.3 Å². The van der Waals surface area contributed by atoms with Gasteiger partial charge in [-0.05, 0) is 20.2 Å². The van der Waals surface area contributed by atoms with E-state index >= 15 is 0 Å². The fourth-order valence-electron chi connectivity index (χ4n) is 1.48. The van der Waals surface area contributed by atoms with Gasteiger partial charge in [0.1, 0.15) is 21.3 Å². The summed E-state index contributed by atoms with van der Waals surface area (Å²) in [4.78, 5) is -0.589. The molecule has 1 aromatic carbocycles. The highest BCUT2D eigenvalue weighted by Gasteiger charge is 2.26. The molecule has 0 fully saturated rings. The highest BCUT2D eigenvalue weighted by Crippen LogP contribution is 2.34. The first-order chi connectivity index (χ1) is 9.23. The molecule has 1 rings (SSSR count). The fraction of sp³-hybridized carbons (Fsp3) is 0.400. The van der Waals surface area contributed by atoms with Gasteiger partial charge in [-0.3, -0.25) is 0 Å². The van der Waals surface area contributed by atoms with Crippen LogP contribution in [-0.2, 0) is 20.0 Å². The van der Waals surface area contributed by atoms with E-state index in [2.05, 4.69) is 9.44 Å². The van der Waals surface area contributed by atoms with Crippen molar-refractivity contribution in [3.05, 3.63) is 12.1 Å². The Bertz CT molecular complexity index is 639. The lowest BCUT2D eigenvalue weighted by Gasteiger charge is -2.14. The molecule has 10 heteroatoms. The van der Waals surface area contributed by atoms with E-state index in [4.69, 9.17) is 9.47 Å². The molecule has 2 N–H and O–H groups in total. The molecular formula is C10H16N2O6S2. The summed E-state index contributed by atoms with van der Waals surface area (Å²) < 4.78 is 61.7. The van der Waals surface area contributed by atoms with Gasteiger partial charge < -0.3 is 9.47 Å². The molecule has 0 radical (unpaired) electrons. The monoisotopic (exact) mass is 324 g/mol. The number of sulfonamides is 2. The molecule has 114 valence electrons. The van der Waals surface area contributed by atoms with Gasteiger partial charge in [0, 0.05) is 6.07 Å². The van der Waals surface area contributed by atoms with E-state index in [1.54, 1.807) is 0 Å². The third-order valence-electron chi connectivity index (χ3n) is 2.57. The Balaban J connectivity index is 3.76. The van der Waals surface area contributed by atoms with Gasteiger partial charge in [0.25, 0.3) is 0 Å².